The number of nitrogens with zero attached hydrogens (tertiary/aromatic N) is 2. The standard InChI is InChI=1S/C18H23N3O3/c22-16-13-21(11-9-19-16)18(24)7-3-6-17(23)20-10-8-14-4-1-2-5-15(14)12-20/h1-2,4-5H,3,6-13H2,(H,19,22). The summed E-state index contributed by atoms with van der Waals surface area (Å²) in [5.41, 5.74) is 2.53. The van der Waals surface area contributed by atoms with Crippen molar-refractivity contribution in [2.24, 2.45) is 0 Å². The molecule has 1 saturated heterocycles. The van der Waals surface area contributed by atoms with E-state index in [2.05, 4.69) is 17.4 Å². The van der Waals surface area contributed by atoms with Gasteiger partial charge in [-0.15, -0.1) is 0 Å². The highest BCUT2D eigenvalue weighted by Crippen LogP contribution is 2.19. The Kier molecular flexibility index (Phi) is 5.13. The average Bonchev–Trinajstić information content (AvgIpc) is 2.61. The number of carbonyl (C=O) groups excluding carboxylic acids is 3. The highest BCUT2D eigenvalue weighted by molar-refractivity contribution is 5.86. The molecule has 2 aliphatic rings. The van der Waals surface area contributed by atoms with Crippen LogP contribution in [0.3, 0.4) is 0 Å². The fraction of sp³-hybridized carbons (Fsp3) is 0.500. The topological polar surface area (TPSA) is 69.7 Å². The summed E-state index contributed by atoms with van der Waals surface area (Å²) in [4.78, 5) is 39.2. The second-order valence-electron chi connectivity index (χ2n) is 6.35. The molecule has 0 saturated carbocycles. The van der Waals surface area contributed by atoms with Crippen LogP contribution in [-0.4, -0.2) is 53.7 Å². The molecule has 1 fully saturated rings. The first-order valence-electron chi connectivity index (χ1n) is 8.52. The van der Waals surface area contributed by atoms with Crippen LogP contribution in [0.15, 0.2) is 24.3 Å². The van der Waals surface area contributed by atoms with Gasteiger partial charge in [0.15, 0.2) is 0 Å². The van der Waals surface area contributed by atoms with Crippen LogP contribution in [0.25, 0.3) is 0 Å². The SMILES string of the molecule is O=C1CN(C(=O)CCCC(=O)N2CCc3ccccc3C2)CCN1. The zero-order valence-corrected chi connectivity index (χ0v) is 13.8. The Hall–Kier alpha value is -2.37. The predicted octanol–water partition coefficient (Wildman–Crippen LogP) is 0.700. The third kappa shape index (κ3) is 3.93. The molecule has 0 unspecified atom stereocenters. The van der Waals surface area contributed by atoms with E-state index in [1.807, 2.05) is 17.0 Å². The molecule has 1 aromatic rings. The van der Waals surface area contributed by atoms with E-state index in [9.17, 15) is 14.4 Å². The van der Waals surface area contributed by atoms with Crippen LogP contribution >= 0.6 is 0 Å². The van der Waals surface area contributed by atoms with Gasteiger partial charge >= 0.3 is 0 Å². The summed E-state index contributed by atoms with van der Waals surface area (Å²) in [7, 11) is 0. The van der Waals surface area contributed by atoms with E-state index in [0.29, 0.717) is 38.9 Å². The largest absolute Gasteiger partial charge is 0.353 e. The number of hydrogen-bond donors (Lipinski definition) is 1. The van der Waals surface area contributed by atoms with Crippen molar-refractivity contribution in [2.45, 2.75) is 32.2 Å². The van der Waals surface area contributed by atoms with Crippen molar-refractivity contribution >= 4 is 17.7 Å². The lowest BCUT2D eigenvalue weighted by atomic mass is 9.99. The van der Waals surface area contributed by atoms with E-state index >= 15 is 0 Å². The third-order valence-corrected chi connectivity index (χ3v) is 4.66. The minimum atomic E-state index is -0.113. The van der Waals surface area contributed by atoms with Crippen LogP contribution in [0.2, 0.25) is 0 Å². The number of piperazine rings is 1. The maximum atomic E-state index is 12.4. The first-order chi connectivity index (χ1) is 11.6. The summed E-state index contributed by atoms with van der Waals surface area (Å²) >= 11 is 0. The molecule has 3 amide bonds. The molecule has 0 radical (unpaired) electrons. The molecule has 128 valence electrons. The van der Waals surface area contributed by atoms with Crippen LogP contribution in [0.4, 0.5) is 0 Å². The van der Waals surface area contributed by atoms with Crippen LogP contribution in [-0.2, 0) is 27.3 Å². The van der Waals surface area contributed by atoms with E-state index in [1.165, 1.54) is 11.1 Å². The molecule has 1 N–H and O–H groups in total. The van der Waals surface area contributed by atoms with Crippen LogP contribution in [0.5, 0.6) is 0 Å². The molecule has 2 aliphatic heterocycles. The van der Waals surface area contributed by atoms with Gasteiger partial charge in [0.25, 0.3) is 0 Å². The number of amides is 3. The highest BCUT2D eigenvalue weighted by atomic mass is 16.2. The minimum Gasteiger partial charge on any atom is -0.353 e. The molecule has 2 heterocycles. The first-order valence-corrected chi connectivity index (χ1v) is 8.52. The van der Waals surface area contributed by atoms with E-state index in [1.54, 1.807) is 4.90 Å². The normalized spacial score (nSPS) is 17.2. The summed E-state index contributed by atoms with van der Waals surface area (Å²) in [6, 6.07) is 8.22. The number of fused-ring (bicyclic) bond motifs is 1. The molecule has 0 bridgehead atoms. The highest BCUT2D eigenvalue weighted by Gasteiger charge is 2.22. The number of nitrogens with one attached hydrogen (secondary N) is 1. The zero-order valence-electron chi connectivity index (χ0n) is 13.8. The Balaban J connectivity index is 1.43. The van der Waals surface area contributed by atoms with Gasteiger partial charge in [-0.05, 0) is 24.0 Å². The molecule has 0 aromatic heterocycles. The van der Waals surface area contributed by atoms with E-state index in [0.717, 1.165) is 13.0 Å². The quantitative estimate of drug-likeness (QED) is 0.884. The van der Waals surface area contributed by atoms with Crippen LogP contribution in [0, 0.1) is 0 Å². The lowest BCUT2D eigenvalue weighted by molar-refractivity contribution is -0.138. The Morgan fingerprint density at radius 1 is 0.958 bits per heavy atom. The minimum absolute atomic E-state index is 0.0401. The first kappa shape index (κ1) is 16.5. The van der Waals surface area contributed by atoms with E-state index < -0.39 is 0 Å². The second kappa shape index (κ2) is 7.47. The Bertz CT molecular complexity index is 644. The second-order valence-corrected chi connectivity index (χ2v) is 6.35. The van der Waals surface area contributed by atoms with Crippen molar-refractivity contribution in [3.63, 3.8) is 0 Å². The average molecular weight is 329 g/mol. The maximum absolute atomic E-state index is 12.4. The van der Waals surface area contributed by atoms with Crippen molar-refractivity contribution < 1.29 is 14.4 Å². The van der Waals surface area contributed by atoms with Gasteiger partial charge in [0, 0.05) is 39.0 Å². The van der Waals surface area contributed by atoms with Gasteiger partial charge in [-0.2, -0.15) is 0 Å². The zero-order chi connectivity index (χ0) is 16.9. The Labute approximate surface area is 141 Å². The number of benzene rings is 1. The predicted molar refractivity (Wildman–Crippen MR) is 89.0 cm³/mol. The summed E-state index contributed by atoms with van der Waals surface area (Å²) in [5, 5.41) is 2.70. The molecular weight excluding hydrogens is 306 g/mol. The van der Waals surface area contributed by atoms with Gasteiger partial charge in [-0.25, -0.2) is 0 Å². The fourth-order valence-electron chi connectivity index (χ4n) is 3.27. The third-order valence-electron chi connectivity index (χ3n) is 4.66. The smallest absolute Gasteiger partial charge is 0.239 e. The molecule has 6 heteroatoms. The summed E-state index contributed by atoms with van der Waals surface area (Å²) in [6.07, 6.45) is 2.13. The van der Waals surface area contributed by atoms with Crippen molar-refractivity contribution in [1.29, 1.82) is 0 Å². The summed E-state index contributed by atoms with van der Waals surface area (Å²) in [5.74, 6) is -0.0482. The monoisotopic (exact) mass is 329 g/mol. The Morgan fingerprint density at radius 3 is 2.33 bits per heavy atom. The Morgan fingerprint density at radius 2 is 1.62 bits per heavy atom. The van der Waals surface area contributed by atoms with Crippen molar-refractivity contribution in [3.8, 4) is 0 Å². The molecule has 3 rings (SSSR count). The number of hydrogen-bond acceptors (Lipinski definition) is 3. The van der Waals surface area contributed by atoms with Gasteiger partial charge < -0.3 is 15.1 Å². The molecule has 6 nitrogen and oxygen atoms in total. The van der Waals surface area contributed by atoms with Gasteiger partial charge in [0.05, 0.1) is 6.54 Å². The van der Waals surface area contributed by atoms with Crippen molar-refractivity contribution in [1.82, 2.24) is 15.1 Å². The van der Waals surface area contributed by atoms with Gasteiger partial charge in [-0.1, -0.05) is 24.3 Å². The van der Waals surface area contributed by atoms with Gasteiger partial charge in [-0.3, -0.25) is 14.4 Å². The van der Waals surface area contributed by atoms with E-state index in [4.69, 9.17) is 0 Å². The number of rotatable bonds is 4. The molecule has 24 heavy (non-hydrogen) atoms. The molecular formula is C18H23N3O3. The van der Waals surface area contributed by atoms with Gasteiger partial charge in [0.2, 0.25) is 17.7 Å². The van der Waals surface area contributed by atoms with Gasteiger partial charge in [0.1, 0.15) is 0 Å². The van der Waals surface area contributed by atoms with Crippen LogP contribution in [0.1, 0.15) is 30.4 Å². The van der Waals surface area contributed by atoms with E-state index in [-0.39, 0.29) is 24.3 Å². The number of carbonyl (C=O) groups is 3. The lowest BCUT2D eigenvalue weighted by Crippen LogP contribution is -2.49. The fourth-order valence-corrected chi connectivity index (χ4v) is 3.27. The van der Waals surface area contributed by atoms with Crippen molar-refractivity contribution in [3.05, 3.63) is 35.4 Å². The van der Waals surface area contributed by atoms with Crippen LogP contribution < -0.4 is 5.32 Å². The molecule has 1 aromatic carbocycles. The van der Waals surface area contributed by atoms with Crippen molar-refractivity contribution in [2.75, 3.05) is 26.2 Å². The summed E-state index contributed by atoms with van der Waals surface area (Å²) < 4.78 is 0. The molecule has 0 atom stereocenters. The molecule has 0 aliphatic carbocycles. The summed E-state index contributed by atoms with van der Waals surface area (Å²) in [6.45, 7) is 2.61. The molecule has 0 spiro atoms. The maximum Gasteiger partial charge on any atom is 0.239 e. The lowest BCUT2D eigenvalue weighted by Gasteiger charge is -2.29.